The summed E-state index contributed by atoms with van der Waals surface area (Å²) in [6.45, 7) is 0.911. The molecule has 0 aromatic heterocycles. The molecule has 1 amide bonds. The average molecular weight is 444 g/mol. The number of nitrogens with one attached hydrogen (secondary N) is 1. The van der Waals surface area contributed by atoms with Crippen molar-refractivity contribution in [3.63, 3.8) is 0 Å². The van der Waals surface area contributed by atoms with Crippen LogP contribution < -0.4 is 14.8 Å². The summed E-state index contributed by atoms with van der Waals surface area (Å²) in [5.41, 5.74) is 3.35. The standard InChI is InChI=1S/C27H22ClNO3/c28-23-10-14-25(15-11-23)32-19-21-6-8-22(9-7-21)27(30)29-24-12-16-26(17-13-24)31-18-20-4-2-1-3-5-20/h1-17H,18-19H2,(H,29,30). The first-order valence-corrected chi connectivity index (χ1v) is 10.6. The molecule has 0 aliphatic carbocycles. The number of carbonyl (C=O) groups excluding carboxylic acids is 1. The lowest BCUT2D eigenvalue weighted by Crippen LogP contribution is -2.11. The molecule has 0 saturated heterocycles. The van der Waals surface area contributed by atoms with E-state index >= 15 is 0 Å². The minimum absolute atomic E-state index is 0.173. The topological polar surface area (TPSA) is 47.6 Å². The normalized spacial score (nSPS) is 10.4. The molecule has 5 heteroatoms. The highest BCUT2D eigenvalue weighted by Gasteiger charge is 2.07. The van der Waals surface area contributed by atoms with Crippen molar-refractivity contribution in [1.82, 2.24) is 0 Å². The van der Waals surface area contributed by atoms with Gasteiger partial charge in [0.1, 0.15) is 24.7 Å². The Morgan fingerprint density at radius 2 is 1.19 bits per heavy atom. The summed E-state index contributed by atoms with van der Waals surface area (Å²) in [5, 5.41) is 3.57. The molecule has 0 aliphatic heterocycles. The molecule has 4 nitrogen and oxygen atoms in total. The maximum absolute atomic E-state index is 12.5. The van der Waals surface area contributed by atoms with Crippen LogP contribution in [0.4, 0.5) is 5.69 Å². The van der Waals surface area contributed by atoms with Crippen molar-refractivity contribution in [1.29, 1.82) is 0 Å². The van der Waals surface area contributed by atoms with Crippen LogP contribution in [-0.4, -0.2) is 5.91 Å². The molecule has 160 valence electrons. The number of rotatable bonds is 8. The van der Waals surface area contributed by atoms with Crippen LogP contribution >= 0.6 is 11.6 Å². The molecule has 32 heavy (non-hydrogen) atoms. The SMILES string of the molecule is O=C(Nc1ccc(OCc2ccccc2)cc1)c1ccc(COc2ccc(Cl)cc2)cc1. The van der Waals surface area contributed by atoms with Gasteiger partial charge in [0, 0.05) is 16.3 Å². The number of halogens is 1. The van der Waals surface area contributed by atoms with E-state index in [1.807, 2.05) is 78.9 Å². The van der Waals surface area contributed by atoms with E-state index in [4.69, 9.17) is 21.1 Å². The minimum Gasteiger partial charge on any atom is -0.489 e. The molecule has 0 heterocycles. The van der Waals surface area contributed by atoms with Crippen LogP contribution in [0.25, 0.3) is 0 Å². The van der Waals surface area contributed by atoms with E-state index < -0.39 is 0 Å². The van der Waals surface area contributed by atoms with Gasteiger partial charge in [0.2, 0.25) is 0 Å². The molecule has 0 radical (unpaired) electrons. The zero-order valence-electron chi connectivity index (χ0n) is 17.3. The lowest BCUT2D eigenvalue weighted by Gasteiger charge is -2.09. The Labute approximate surface area is 192 Å². The molecule has 4 aromatic rings. The maximum atomic E-state index is 12.5. The van der Waals surface area contributed by atoms with Gasteiger partial charge < -0.3 is 14.8 Å². The Bertz CT molecular complexity index is 1140. The van der Waals surface area contributed by atoms with E-state index in [1.165, 1.54) is 0 Å². The monoisotopic (exact) mass is 443 g/mol. The lowest BCUT2D eigenvalue weighted by atomic mass is 10.1. The van der Waals surface area contributed by atoms with Crippen LogP contribution in [0, 0.1) is 0 Å². The van der Waals surface area contributed by atoms with Gasteiger partial charge in [-0.15, -0.1) is 0 Å². The largest absolute Gasteiger partial charge is 0.489 e. The van der Waals surface area contributed by atoms with Crippen LogP contribution in [-0.2, 0) is 13.2 Å². The van der Waals surface area contributed by atoms with Crippen LogP contribution in [0.2, 0.25) is 5.02 Å². The summed E-state index contributed by atoms with van der Waals surface area (Å²) in [6.07, 6.45) is 0. The molecule has 0 atom stereocenters. The second-order valence-electron chi connectivity index (χ2n) is 7.19. The van der Waals surface area contributed by atoms with Crippen molar-refractivity contribution in [3.05, 3.63) is 125 Å². The van der Waals surface area contributed by atoms with Crippen molar-refractivity contribution in [2.45, 2.75) is 13.2 Å². The van der Waals surface area contributed by atoms with Gasteiger partial charge in [-0.2, -0.15) is 0 Å². The first-order chi connectivity index (χ1) is 15.7. The highest BCUT2D eigenvalue weighted by Crippen LogP contribution is 2.19. The molecule has 0 unspecified atom stereocenters. The third-order valence-electron chi connectivity index (χ3n) is 4.80. The quantitative estimate of drug-likeness (QED) is 0.327. The zero-order chi connectivity index (χ0) is 22.2. The van der Waals surface area contributed by atoms with Crippen LogP contribution in [0.1, 0.15) is 21.5 Å². The van der Waals surface area contributed by atoms with Gasteiger partial charge in [-0.25, -0.2) is 0 Å². The third kappa shape index (κ3) is 6.13. The number of hydrogen-bond acceptors (Lipinski definition) is 3. The number of ether oxygens (including phenoxy) is 2. The van der Waals surface area contributed by atoms with Crippen molar-refractivity contribution in [3.8, 4) is 11.5 Å². The Morgan fingerprint density at radius 1 is 0.656 bits per heavy atom. The van der Waals surface area contributed by atoms with E-state index in [1.54, 1.807) is 24.3 Å². The summed E-state index contributed by atoms with van der Waals surface area (Å²) in [5.74, 6) is 1.32. The molecule has 4 rings (SSSR count). The van der Waals surface area contributed by atoms with Gasteiger partial charge in [-0.3, -0.25) is 4.79 Å². The Hall–Kier alpha value is -3.76. The summed E-state index contributed by atoms with van der Waals surface area (Å²) in [7, 11) is 0. The summed E-state index contributed by atoms with van der Waals surface area (Å²) < 4.78 is 11.5. The summed E-state index contributed by atoms with van der Waals surface area (Å²) >= 11 is 5.88. The lowest BCUT2D eigenvalue weighted by molar-refractivity contribution is 0.102. The highest BCUT2D eigenvalue weighted by molar-refractivity contribution is 6.30. The smallest absolute Gasteiger partial charge is 0.255 e. The fourth-order valence-electron chi connectivity index (χ4n) is 3.03. The van der Waals surface area contributed by atoms with E-state index in [0.29, 0.717) is 29.5 Å². The molecular weight excluding hydrogens is 422 g/mol. The van der Waals surface area contributed by atoms with E-state index in [9.17, 15) is 4.79 Å². The van der Waals surface area contributed by atoms with Crippen molar-refractivity contribution >= 4 is 23.2 Å². The molecule has 0 aliphatic rings. The van der Waals surface area contributed by atoms with Gasteiger partial charge >= 0.3 is 0 Å². The molecule has 0 spiro atoms. The second-order valence-corrected chi connectivity index (χ2v) is 7.63. The molecule has 0 saturated carbocycles. The van der Waals surface area contributed by atoms with Crippen molar-refractivity contribution in [2.24, 2.45) is 0 Å². The van der Waals surface area contributed by atoms with E-state index in [0.717, 1.165) is 22.6 Å². The number of benzene rings is 4. The van der Waals surface area contributed by atoms with E-state index in [2.05, 4.69) is 5.32 Å². The predicted octanol–water partition coefficient (Wildman–Crippen LogP) is 6.75. The van der Waals surface area contributed by atoms with Gasteiger partial charge in [-0.05, 0) is 71.8 Å². The molecule has 0 fully saturated rings. The minimum atomic E-state index is -0.173. The van der Waals surface area contributed by atoms with Gasteiger partial charge in [0.15, 0.2) is 0 Å². The zero-order valence-corrected chi connectivity index (χ0v) is 18.1. The van der Waals surface area contributed by atoms with Gasteiger partial charge in [-0.1, -0.05) is 54.1 Å². The van der Waals surface area contributed by atoms with Crippen molar-refractivity contribution in [2.75, 3.05) is 5.32 Å². The highest BCUT2D eigenvalue weighted by atomic mass is 35.5. The first kappa shape index (κ1) is 21.5. The Morgan fingerprint density at radius 3 is 1.78 bits per heavy atom. The third-order valence-corrected chi connectivity index (χ3v) is 5.05. The van der Waals surface area contributed by atoms with Crippen LogP contribution in [0.5, 0.6) is 11.5 Å². The second kappa shape index (κ2) is 10.5. The van der Waals surface area contributed by atoms with Crippen LogP contribution in [0.3, 0.4) is 0 Å². The average Bonchev–Trinajstić information content (AvgIpc) is 2.84. The van der Waals surface area contributed by atoms with Crippen LogP contribution in [0.15, 0.2) is 103 Å². The fraction of sp³-hybridized carbons (Fsp3) is 0.0741. The molecule has 1 N–H and O–H groups in total. The predicted molar refractivity (Wildman–Crippen MR) is 127 cm³/mol. The van der Waals surface area contributed by atoms with Crippen molar-refractivity contribution < 1.29 is 14.3 Å². The Balaban J connectivity index is 1.28. The first-order valence-electron chi connectivity index (χ1n) is 10.2. The maximum Gasteiger partial charge on any atom is 0.255 e. The number of carbonyl (C=O) groups is 1. The number of amides is 1. The Kier molecular flexibility index (Phi) is 7.05. The molecule has 4 aromatic carbocycles. The summed E-state index contributed by atoms with van der Waals surface area (Å²) in [6, 6.07) is 31.9. The number of hydrogen-bond donors (Lipinski definition) is 1. The van der Waals surface area contributed by atoms with E-state index in [-0.39, 0.29) is 5.91 Å². The summed E-state index contributed by atoms with van der Waals surface area (Å²) in [4.78, 5) is 12.5. The fourth-order valence-corrected chi connectivity index (χ4v) is 3.15. The van der Waals surface area contributed by atoms with Gasteiger partial charge in [0.25, 0.3) is 5.91 Å². The molecular formula is C27H22ClNO3. The number of anilines is 1. The van der Waals surface area contributed by atoms with Gasteiger partial charge in [0.05, 0.1) is 0 Å². The molecule has 0 bridgehead atoms.